The Morgan fingerprint density at radius 1 is 1.26 bits per heavy atom. The lowest BCUT2D eigenvalue weighted by Gasteiger charge is -2.11. The van der Waals surface area contributed by atoms with Crippen molar-refractivity contribution in [3.8, 4) is 0 Å². The Bertz CT molecular complexity index is 534. The van der Waals surface area contributed by atoms with Gasteiger partial charge in [0.25, 0.3) is 0 Å². The smallest absolute Gasteiger partial charge is 0.123 e. The van der Waals surface area contributed by atoms with E-state index in [9.17, 15) is 4.39 Å². The SMILES string of the molecule is CCNCc1cc(F)ccc1Cc1nccn1CC. The monoisotopic (exact) mass is 261 g/mol. The van der Waals surface area contributed by atoms with Crippen molar-refractivity contribution in [1.29, 1.82) is 0 Å². The molecule has 0 bridgehead atoms. The van der Waals surface area contributed by atoms with Gasteiger partial charge in [0.05, 0.1) is 0 Å². The van der Waals surface area contributed by atoms with Crippen LogP contribution >= 0.6 is 0 Å². The Labute approximate surface area is 113 Å². The van der Waals surface area contributed by atoms with Gasteiger partial charge in [-0.25, -0.2) is 9.37 Å². The number of hydrogen-bond acceptors (Lipinski definition) is 2. The van der Waals surface area contributed by atoms with Gasteiger partial charge in [-0.15, -0.1) is 0 Å². The van der Waals surface area contributed by atoms with Crippen molar-refractivity contribution < 1.29 is 4.39 Å². The highest BCUT2D eigenvalue weighted by atomic mass is 19.1. The van der Waals surface area contributed by atoms with Crippen molar-refractivity contribution in [3.05, 3.63) is 53.4 Å². The minimum absolute atomic E-state index is 0.185. The van der Waals surface area contributed by atoms with Crippen LogP contribution in [0.1, 0.15) is 30.8 Å². The zero-order valence-corrected chi connectivity index (χ0v) is 11.5. The van der Waals surface area contributed by atoms with Gasteiger partial charge in [-0.1, -0.05) is 13.0 Å². The Balaban J connectivity index is 2.23. The molecule has 0 fully saturated rings. The number of halogens is 1. The van der Waals surface area contributed by atoms with Crippen LogP contribution in [0.4, 0.5) is 4.39 Å². The molecule has 0 atom stereocenters. The number of benzene rings is 1. The van der Waals surface area contributed by atoms with E-state index >= 15 is 0 Å². The lowest BCUT2D eigenvalue weighted by atomic mass is 10.0. The van der Waals surface area contributed by atoms with Crippen molar-refractivity contribution in [2.75, 3.05) is 6.54 Å². The maximum absolute atomic E-state index is 13.4. The van der Waals surface area contributed by atoms with Crippen molar-refractivity contribution >= 4 is 0 Å². The normalized spacial score (nSPS) is 10.9. The molecular formula is C15H20FN3. The number of aromatic nitrogens is 2. The lowest BCUT2D eigenvalue weighted by molar-refractivity contribution is 0.619. The van der Waals surface area contributed by atoms with Crippen LogP contribution in [0.25, 0.3) is 0 Å². The van der Waals surface area contributed by atoms with Gasteiger partial charge < -0.3 is 9.88 Å². The highest BCUT2D eigenvalue weighted by molar-refractivity contribution is 5.30. The fraction of sp³-hybridized carbons (Fsp3) is 0.400. The highest BCUT2D eigenvalue weighted by Crippen LogP contribution is 2.15. The van der Waals surface area contributed by atoms with Crippen molar-refractivity contribution in [2.24, 2.45) is 0 Å². The summed E-state index contributed by atoms with van der Waals surface area (Å²) in [4.78, 5) is 4.37. The Morgan fingerprint density at radius 3 is 2.84 bits per heavy atom. The first-order valence-corrected chi connectivity index (χ1v) is 6.72. The Morgan fingerprint density at radius 2 is 2.11 bits per heavy atom. The van der Waals surface area contributed by atoms with Crippen LogP contribution in [0.5, 0.6) is 0 Å². The minimum Gasteiger partial charge on any atom is -0.335 e. The summed E-state index contributed by atoms with van der Waals surface area (Å²) in [6.45, 7) is 6.60. The molecule has 0 unspecified atom stereocenters. The molecular weight excluding hydrogens is 241 g/mol. The maximum Gasteiger partial charge on any atom is 0.123 e. The topological polar surface area (TPSA) is 29.9 Å². The summed E-state index contributed by atoms with van der Waals surface area (Å²) in [6, 6.07) is 4.98. The Kier molecular flexibility index (Phi) is 4.68. The second kappa shape index (κ2) is 6.48. The molecule has 2 aromatic rings. The first-order valence-electron chi connectivity index (χ1n) is 6.72. The van der Waals surface area contributed by atoms with Gasteiger partial charge in [0.15, 0.2) is 0 Å². The van der Waals surface area contributed by atoms with Gasteiger partial charge in [-0.2, -0.15) is 0 Å². The molecule has 3 nitrogen and oxygen atoms in total. The first kappa shape index (κ1) is 13.7. The third kappa shape index (κ3) is 3.41. The zero-order chi connectivity index (χ0) is 13.7. The van der Waals surface area contributed by atoms with E-state index in [1.54, 1.807) is 6.07 Å². The quantitative estimate of drug-likeness (QED) is 0.866. The summed E-state index contributed by atoms with van der Waals surface area (Å²) in [5, 5.41) is 3.25. The molecule has 19 heavy (non-hydrogen) atoms. The van der Waals surface area contributed by atoms with E-state index in [4.69, 9.17) is 0 Å². The van der Waals surface area contributed by atoms with E-state index in [0.29, 0.717) is 6.54 Å². The van der Waals surface area contributed by atoms with Gasteiger partial charge in [0.1, 0.15) is 11.6 Å². The molecule has 102 valence electrons. The summed E-state index contributed by atoms with van der Waals surface area (Å²) in [5.41, 5.74) is 2.13. The molecule has 0 aliphatic rings. The number of nitrogens with one attached hydrogen (secondary N) is 1. The second-order valence-electron chi connectivity index (χ2n) is 4.50. The number of rotatable bonds is 6. The van der Waals surface area contributed by atoms with E-state index in [1.807, 2.05) is 25.4 Å². The summed E-state index contributed by atoms with van der Waals surface area (Å²) in [5.74, 6) is 0.836. The summed E-state index contributed by atoms with van der Waals surface area (Å²) in [6.07, 6.45) is 4.52. The van der Waals surface area contributed by atoms with E-state index in [-0.39, 0.29) is 5.82 Å². The van der Waals surface area contributed by atoms with Gasteiger partial charge in [-0.3, -0.25) is 0 Å². The van der Waals surface area contributed by atoms with Crippen LogP contribution in [0.3, 0.4) is 0 Å². The van der Waals surface area contributed by atoms with Gasteiger partial charge in [0, 0.05) is 31.9 Å². The second-order valence-corrected chi connectivity index (χ2v) is 4.50. The molecule has 1 N–H and O–H groups in total. The first-order chi connectivity index (χ1) is 9.24. The fourth-order valence-electron chi connectivity index (χ4n) is 2.16. The molecule has 0 amide bonds. The van der Waals surface area contributed by atoms with Crippen molar-refractivity contribution in [3.63, 3.8) is 0 Å². The van der Waals surface area contributed by atoms with Crippen LogP contribution in [0.2, 0.25) is 0 Å². The van der Waals surface area contributed by atoms with Crippen LogP contribution in [0.15, 0.2) is 30.6 Å². The molecule has 2 rings (SSSR count). The van der Waals surface area contributed by atoms with Crippen molar-refractivity contribution in [2.45, 2.75) is 33.4 Å². The van der Waals surface area contributed by atoms with Gasteiger partial charge >= 0.3 is 0 Å². The van der Waals surface area contributed by atoms with E-state index in [2.05, 4.69) is 21.8 Å². The number of nitrogens with zero attached hydrogens (tertiary/aromatic N) is 2. The molecule has 1 aromatic heterocycles. The van der Waals surface area contributed by atoms with Crippen LogP contribution in [-0.4, -0.2) is 16.1 Å². The van der Waals surface area contributed by atoms with E-state index in [0.717, 1.165) is 36.5 Å². The van der Waals surface area contributed by atoms with Crippen molar-refractivity contribution in [1.82, 2.24) is 14.9 Å². The largest absolute Gasteiger partial charge is 0.335 e. The number of aryl methyl sites for hydroxylation is 1. The molecule has 1 heterocycles. The summed E-state index contributed by atoms with van der Waals surface area (Å²) < 4.78 is 15.5. The average molecular weight is 261 g/mol. The molecule has 0 radical (unpaired) electrons. The molecule has 0 aliphatic carbocycles. The van der Waals surface area contributed by atoms with Crippen LogP contribution in [0, 0.1) is 5.82 Å². The molecule has 4 heteroatoms. The summed E-state index contributed by atoms with van der Waals surface area (Å²) >= 11 is 0. The predicted molar refractivity (Wildman–Crippen MR) is 74.5 cm³/mol. The third-order valence-electron chi connectivity index (χ3n) is 3.22. The maximum atomic E-state index is 13.4. The predicted octanol–water partition coefficient (Wildman–Crippen LogP) is 2.74. The minimum atomic E-state index is -0.185. The average Bonchev–Trinajstić information content (AvgIpc) is 2.86. The molecule has 0 spiro atoms. The number of hydrogen-bond donors (Lipinski definition) is 1. The van der Waals surface area contributed by atoms with E-state index < -0.39 is 0 Å². The Hall–Kier alpha value is -1.68. The molecule has 0 saturated carbocycles. The highest BCUT2D eigenvalue weighted by Gasteiger charge is 2.08. The van der Waals surface area contributed by atoms with Crippen LogP contribution in [-0.2, 0) is 19.5 Å². The number of imidazole rings is 1. The zero-order valence-electron chi connectivity index (χ0n) is 11.5. The van der Waals surface area contributed by atoms with Crippen LogP contribution < -0.4 is 5.32 Å². The third-order valence-corrected chi connectivity index (χ3v) is 3.22. The fourth-order valence-corrected chi connectivity index (χ4v) is 2.16. The molecule has 1 aromatic carbocycles. The molecule has 0 aliphatic heterocycles. The molecule has 0 saturated heterocycles. The van der Waals surface area contributed by atoms with Gasteiger partial charge in [-0.05, 0) is 36.7 Å². The van der Waals surface area contributed by atoms with Gasteiger partial charge in [0.2, 0.25) is 0 Å². The lowest BCUT2D eigenvalue weighted by Crippen LogP contribution is -2.14. The van der Waals surface area contributed by atoms with E-state index in [1.165, 1.54) is 6.07 Å². The summed E-state index contributed by atoms with van der Waals surface area (Å²) in [7, 11) is 0. The standard InChI is InChI=1S/C15H20FN3/c1-3-17-11-13-9-14(16)6-5-12(13)10-15-18-7-8-19(15)4-2/h5-9,17H,3-4,10-11H2,1-2H3.